The summed E-state index contributed by atoms with van der Waals surface area (Å²) in [6, 6.07) is 11.1. The average molecular weight is 376 g/mol. The minimum Gasteiger partial charge on any atom is -0.329 e. The van der Waals surface area contributed by atoms with Gasteiger partial charge in [0.15, 0.2) is 0 Å². The Morgan fingerprint density at radius 3 is 2.93 bits per heavy atom. The molecule has 6 nitrogen and oxygen atoms in total. The van der Waals surface area contributed by atoms with Gasteiger partial charge in [0.25, 0.3) is 5.91 Å². The molecule has 134 valence electrons. The summed E-state index contributed by atoms with van der Waals surface area (Å²) < 4.78 is 0. The number of anilines is 1. The maximum atomic E-state index is 13.2. The number of carbonyl (C=O) groups is 2. The van der Waals surface area contributed by atoms with E-state index in [2.05, 4.69) is 15.3 Å². The third-order valence-electron chi connectivity index (χ3n) is 5.50. The third-order valence-corrected chi connectivity index (χ3v) is 6.09. The number of thiazole rings is 1. The zero-order valence-corrected chi connectivity index (χ0v) is 15.1. The number of likely N-dealkylation sites (tertiary alicyclic amines) is 1. The predicted molar refractivity (Wildman–Crippen MR) is 101 cm³/mol. The maximum Gasteiger partial charge on any atom is 0.273 e. The van der Waals surface area contributed by atoms with Crippen LogP contribution in [0, 0.1) is 0 Å². The fraction of sp³-hybridized carbons (Fsp3) is 0.200. The minimum atomic E-state index is -0.814. The largest absolute Gasteiger partial charge is 0.329 e. The van der Waals surface area contributed by atoms with Crippen molar-refractivity contribution in [3.05, 3.63) is 76.5 Å². The molecule has 1 spiro atoms. The first-order valence-electron chi connectivity index (χ1n) is 8.72. The van der Waals surface area contributed by atoms with E-state index >= 15 is 0 Å². The molecule has 2 amide bonds. The van der Waals surface area contributed by atoms with Crippen LogP contribution in [0.15, 0.2) is 59.7 Å². The molecule has 0 bridgehead atoms. The van der Waals surface area contributed by atoms with E-state index < -0.39 is 11.5 Å². The van der Waals surface area contributed by atoms with E-state index in [-0.39, 0.29) is 11.8 Å². The van der Waals surface area contributed by atoms with Crippen molar-refractivity contribution in [1.82, 2.24) is 14.9 Å². The summed E-state index contributed by atoms with van der Waals surface area (Å²) in [5, 5.41) is 4.76. The van der Waals surface area contributed by atoms with Crippen LogP contribution < -0.4 is 5.32 Å². The molecule has 1 aromatic carbocycles. The molecule has 7 heteroatoms. The van der Waals surface area contributed by atoms with Crippen LogP contribution in [0.5, 0.6) is 0 Å². The molecule has 2 aromatic heterocycles. The van der Waals surface area contributed by atoms with Gasteiger partial charge in [0.05, 0.1) is 11.6 Å². The summed E-state index contributed by atoms with van der Waals surface area (Å²) in [7, 11) is 0. The number of hydrogen-bond donors (Lipinski definition) is 1. The van der Waals surface area contributed by atoms with Crippen LogP contribution >= 0.6 is 11.3 Å². The molecule has 0 aliphatic carbocycles. The molecule has 2 atom stereocenters. The van der Waals surface area contributed by atoms with Crippen molar-refractivity contribution in [3.8, 4) is 0 Å². The van der Waals surface area contributed by atoms with Gasteiger partial charge in [-0.15, -0.1) is 11.3 Å². The Labute approximate surface area is 159 Å². The summed E-state index contributed by atoms with van der Waals surface area (Å²) in [5.41, 5.74) is 3.86. The second-order valence-corrected chi connectivity index (χ2v) is 7.50. The molecule has 5 rings (SSSR count). The number of pyridine rings is 1. The number of carbonyl (C=O) groups excluding carboxylic acids is 2. The highest BCUT2D eigenvalue weighted by atomic mass is 32.1. The van der Waals surface area contributed by atoms with Crippen LogP contribution in [-0.2, 0) is 10.2 Å². The van der Waals surface area contributed by atoms with Crippen molar-refractivity contribution in [2.24, 2.45) is 0 Å². The summed E-state index contributed by atoms with van der Waals surface area (Å²) in [6.07, 6.45) is 4.00. The van der Waals surface area contributed by atoms with Crippen LogP contribution in [-0.4, -0.2) is 33.2 Å². The van der Waals surface area contributed by atoms with Gasteiger partial charge < -0.3 is 10.2 Å². The first-order valence-corrected chi connectivity index (χ1v) is 9.66. The van der Waals surface area contributed by atoms with Crippen LogP contribution in [0.3, 0.4) is 0 Å². The number of rotatable bonds is 2. The Morgan fingerprint density at radius 1 is 1.26 bits per heavy atom. The van der Waals surface area contributed by atoms with Crippen LogP contribution in [0.1, 0.15) is 34.1 Å². The Kier molecular flexibility index (Phi) is 3.58. The molecule has 1 fully saturated rings. The fourth-order valence-corrected chi connectivity index (χ4v) is 4.90. The van der Waals surface area contributed by atoms with Gasteiger partial charge >= 0.3 is 0 Å². The second-order valence-electron chi connectivity index (χ2n) is 6.78. The summed E-state index contributed by atoms with van der Waals surface area (Å²) in [5.74, 6) is -0.217. The van der Waals surface area contributed by atoms with Crippen LogP contribution in [0.4, 0.5) is 5.69 Å². The predicted octanol–water partition coefficient (Wildman–Crippen LogP) is 3.02. The average Bonchev–Trinajstić information content (AvgIpc) is 3.42. The topological polar surface area (TPSA) is 75.2 Å². The zero-order valence-electron chi connectivity index (χ0n) is 14.3. The SMILES string of the molecule is O=C(c1cscn1)N1CCC2(C(=O)Nc3ccccc32)C1c1cccnc1. The Balaban J connectivity index is 1.69. The number of para-hydroxylation sites is 1. The molecule has 0 radical (unpaired) electrons. The molecule has 2 unspecified atom stereocenters. The van der Waals surface area contributed by atoms with Crippen molar-refractivity contribution in [2.75, 3.05) is 11.9 Å². The van der Waals surface area contributed by atoms with E-state index in [4.69, 9.17) is 0 Å². The highest BCUT2D eigenvalue weighted by molar-refractivity contribution is 7.07. The lowest BCUT2D eigenvalue weighted by Crippen LogP contribution is -2.42. The molecule has 3 aromatic rings. The first kappa shape index (κ1) is 16.1. The fourth-order valence-electron chi connectivity index (χ4n) is 4.37. The molecule has 1 saturated heterocycles. The Morgan fingerprint density at radius 2 is 2.15 bits per heavy atom. The van der Waals surface area contributed by atoms with Gasteiger partial charge in [0, 0.05) is 30.0 Å². The number of benzene rings is 1. The highest BCUT2D eigenvalue weighted by Crippen LogP contribution is 2.54. The zero-order chi connectivity index (χ0) is 18.4. The van der Waals surface area contributed by atoms with Crippen LogP contribution in [0.2, 0.25) is 0 Å². The quantitative estimate of drug-likeness (QED) is 0.746. The second kappa shape index (κ2) is 5.99. The van der Waals surface area contributed by atoms with E-state index in [9.17, 15) is 9.59 Å². The Bertz CT molecular complexity index is 1020. The smallest absolute Gasteiger partial charge is 0.273 e. The number of hydrogen-bond acceptors (Lipinski definition) is 5. The molecular weight excluding hydrogens is 360 g/mol. The maximum absolute atomic E-state index is 13.2. The van der Waals surface area contributed by atoms with E-state index in [1.807, 2.05) is 36.4 Å². The van der Waals surface area contributed by atoms with Crippen molar-refractivity contribution in [1.29, 1.82) is 0 Å². The number of amides is 2. The lowest BCUT2D eigenvalue weighted by Gasteiger charge is -2.34. The van der Waals surface area contributed by atoms with Gasteiger partial charge in [-0.05, 0) is 29.7 Å². The van der Waals surface area contributed by atoms with Gasteiger partial charge in [-0.1, -0.05) is 24.3 Å². The van der Waals surface area contributed by atoms with E-state index in [0.29, 0.717) is 18.7 Å². The van der Waals surface area contributed by atoms with Crippen molar-refractivity contribution >= 4 is 28.8 Å². The molecule has 0 saturated carbocycles. The van der Waals surface area contributed by atoms with E-state index in [1.165, 1.54) is 11.3 Å². The minimum absolute atomic E-state index is 0.0638. The number of fused-ring (bicyclic) bond motifs is 2. The number of nitrogens with one attached hydrogen (secondary N) is 1. The van der Waals surface area contributed by atoms with Gasteiger partial charge in [-0.2, -0.15) is 0 Å². The number of aromatic nitrogens is 2. The van der Waals surface area contributed by atoms with Crippen molar-refractivity contribution in [3.63, 3.8) is 0 Å². The van der Waals surface area contributed by atoms with E-state index in [1.54, 1.807) is 28.2 Å². The lowest BCUT2D eigenvalue weighted by atomic mass is 9.73. The highest BCUT2D eigenvalue weighted by Gasteiger charge is 2.59. The van der Waals surface area contributed by atoms with Gasteiger partial charge in [-0.3, -0.25) is 14.6 Å². The first-order chi connectivity index (χ1) is 13.2. The molecule has 1 N–H and O–H groups in total. The summed E-state index contributed by atoms with van der Waals surface area (Å²) >= 11 is 1.39. The Hall–Kier alpha value is -3.06. The molecule has 4 heterocycles. The standard InChI is InChI=1S/C20H16N4O2S/c25-18(16-11-27-12-22-16)24-9-7-20(17(24)13-4-3-8-21-10-13)14-5-1-2-6-15(14)23-19(20)26/h1-6,8,10-12,17H,7,9H2,(H,23,26). The number of nitrogens with zero attached hydrogens (tertiary/aromatic N) is 3. The van der Waals surface area contributed by atoms with Gasteiger partial charge in [0.1, 0.15) is 11.1 Å². The van der Waals surface area contributed by atoms with Gasteiger partial charge in [-0.25, -0.2) is 4.98 Å². The van der Waals surface area contributed by atoms with E-state index in [0.717, 1.165) is 16.8 Å². The monoisotopic (exact) mass is 376 g/mol. The molecular formula is C20H16N4O2S. The molecule has 27 heavy (non-hydrogen) atoms. The normalized spacial score (nSPS) is 23.5. The third kappa shape index (κ3) is 2.24. The van der Waals surface area contributed by atoms with Crippen molar-refractivity contribution < 1.29 is 9.59 Å². The van der Waals surface area contributed by atoms with Gasteiger partial charge in [0.2, 0.25) is 5.91 Å². The van der Waals surface area contributed by atoms with Crippen LogP contribution in [0.25, 0.3) is 0 Å². The molecule has 2 aliphatic rings. The molecule has 2 aliphatic heterocycles. The van der Waals surface area contributed by atoms with Crippen molar-refractivity contribution in [2.45, 2.75) is 17.9 Å². The summed E-state index contributed by atoms with van der Waals surface area (Å²) in [6.45, 7) is 0.484. The lowest BCUT2D eigenvalue weighted by molar-refractivity contribution is -0.121. The summed E-state index contributed by atoms with van der Waals surface area (Å²) in [4.78, 5) is 36.6.